The summed E-state index contributed by atoms with van der Waals surface area (Å²) in [5.74, 6) is 0.662. The van der Waals surface area contributed by atoms with E-state index in [2.05, 4.69) is 4.98 Å². The zero-order valence-corrected chi connectivity index (χ0v) is 8.97. The van der Waals surface area contributed by atoms with E-state index in [0.29, 0.717) is 19.1 Å². The van der Waals surface area contributed by atoms with Crippen LogP contribution in [0.3, 0.4) is 0 Å². The minimum absolute atomic E-state index is 0.00593. The molecule has 0 saturated carbocycles. The molecule has 0 N–H and O–H groups in total. The summed E-state index contributed by atoms with van der Waals surface area (Å²) in [5, 5.41) is 0. The standard InChI is InChI=1S/C11H15NO3/c1-8-4-3-5-12-11(8)15-10-7-14-6-9(10)13-2/h3-5,9-10H,6-7H2,1-2H3. The first-order chi connectivity index (χ1) is 7.31. The van der Waals surface area contributed by atoms with E-state index in [9.17, 15) is 0 Å². The largest absolute Gasteiger partial charge is 0.469 e. The molecule has 0 amide bonds. The van der Waals surface area contributed by atoms with Gasteiger partial charge < -0.3 is 14.2 Å². The van der Waals surface area contributed by atoms with E-state index in [0.717, 1.165) is 5.56 Å². The highest BCUT2D eigenvalue weighted by Crippen LogP contribution is 2.19. The van der Waals surface area contributed by atoms with Crippen LogP contribution in [-0.2, 0) is 9.47 Å². The Morgan fingerprint density at radius 2 is 2.20 bits per heavy atom. The topological polar surface area (TPSA) is 40.6 Å². The smallest absolute Gasteiger partial charge is 0.216 e. The maximum Gasteiger partial charge on any atom is 0.216 e. The summed E-state index contributed by atoms with van der Waals surface area (Å²) in [7, 11) is 1.67. The van der Waals surface area contributed by atoms with Crippen molar-refractivity contribution in [1.29, 1.82) is 0 Å². The second-order valence-electron chi connectivity index (χ2n) is 3.59. The number of hydrogen-bond acceptors (Lipinski definition) is 4. The molecule has 1 fully saturated rings. The Morgan fingerprint density at radius 3 is 2.93 bits per heavy atom. The van der Waals surface area contributed by atoms with Gasteiger partial charge in [-0.15, -0.1) is 0 Å². The van der Waals surface area contributed by atoms with Crippen LogP contribution >= 0.6 is 0 Å². The molecule has 0 radical (unpaired) electrons. The lowest BCUT2D eigenvalue weighted by atomic mass is 10.2. The van der Waals surface area contributed by atoms with Gasteiger partial charge in [0.15, 0.2) is 6.10 Å². The molecular formula is C11H15NO3. The van der Waals surface area contributed by atoms with E-state index >= 15 is 0 Å². The molecule has 1 aliphatic rings. The van der Waals surface area contributed by atoms with Gasteiger partial charge in [-0.3, -0.25) is 0 Å². The predicted molar refractivity (Wildman–Crippen MR) is 55.0 cm³/mol. The molecule has 0 aromatic carbocycles. The zero-order chi connectivity index (χ0) is 10.7. The molecule has 4 nitrogen and oxygen atoms in total. The molecule has 1 aromatic rings. The molecule has 1 aromatic heterocycles. The second-order valence-corrected chi connectivity index (χ2v) is 3.59. The number of ether oxygens (including phenoxy) is 3. The lowest BCUT2D eigenvalue weighted by molar-refractivity contribution is 0.0304. The predicted octanol–water partition coefficient (Wildman–Crippen LogP) is 1.18. The van der Waals surface area contributed by atoms with Crippen molar-refractivity contribution in [3.63, 3.8) is 0 Å². The molecule has 15 heavy (non-hydrogen) atoms. The van der Waals surface area contributed by atoms with Crippen LogP contribution in [0.1, 0.15) is 5.56 Å². The van der Waals surface area contributed by atoms with E-state index < -0.39 is 0 Å². The van der Waals surface area contributed by atoms with Crippen molar-refractivity contribution in [3.05, 3.63) is 23.9 Å². The van der Waals surface area contributed by atoms with Crippen LogP contribution in [0.4, 0.5) is 0 Å². The van der Waals surface area contributed by atoms with Gasteiger partial charge in [-0.2, -0.15) is 0 Å². The van der Waals surface area contributed by atoms with E-state index in [-0.39, 0.29) is 12.2 Å². The molecule has 2 atom stereocenters. The first-order valence-corrected chi connectivity index (χ1v) is 5.00. The lowest BCUT2D eigenvalue weighted by Gasteiger charge is -2.18. The number of aryl methyl sites for hydroxylation is 1. The van der Waals surface area contributed by atoms with Crippen LogP contribution in [0, 0.1) is 6.92 Å². The minimum Gasteiger partial charge on any atom is -0.469 e. The number of rotatable bonds is 3. The Morgan fingerprint density at radius 1 is 1.40 bits per heavy atom. The Balaban J connectivity index is 2.05. The summed E-state index contributed by atoms with van der Waals surface area (Å²) >= 11 is 0. The van der Waals surface area contributed by atoms with Gasteiger partial charge in [0.2, 0.25) is 5.88 Å². The third kappa shape index (κ3) is 2.27. The summed E-state index contributed by atoms with van der Waals surface area (Å²) in [6.45, 7) is 3.13. The Bertz CT molecular complexity index is 329. The summed E-state index contributed by atoms with van der Waals surface area (Å²) in [6, 6.07) is 3.86. The molecule has 2 rings (SSSR count). The van der Waals surface area contributed by atoms with Crippen molar-refractivity contribution in [2.24, 2.45) is 0 Å². The zero-order valence-electron chi connectivity index (χ0n) is 8.97. The van der Waals surface area contributed by atoms with Crippen molar-refractivity contribution >= 4 is 0 Å². The number of aromatic nitrogens is 1. The average molecular weight is 209 g/mol. The van der Waals surface area contributed by atoms with E-state index in [1.807, 2.05) is 19.1 Å². The fourth-order valence-corrected chi connectivity index (χ4v) is 1.58. The van der Waals surface area contributed by atoms with E-state index in [1.165, 1.54) is 0 Å². The third-order valence-electron chi connectivity index (χ3n) is 2.51. The maximum atomic E-state index is 5.75. The van der Waals surface area contributed by atoms with Gasteiger partial charge in [0.1, 0.15) is 6.10 Å². The molecule has 0 aliphatic carbocycles. The Kier molecular flexibility index (Phi) is 3.18. The number of pyridine rings is 1. The Labute approximate surface area is 89.2 Å². The van der Waals surface area contributed by atoms with Crippen molar-refractivity contribution in [1.82, 2.24) is 4.98 Å². The summed E-state index contributed by atoms with van der Waals surface area (Å²) < 4.78 is 16.3. The van der Waals surface area contributed by atoms with Crippen molar-refractivity contribution in [2.45, 2.75) is 19.1 Å². The number of hydrogen-bond donors (Lipinski definition) is 0. The molecule has 2 heterocycles. The molecular weight excluding hydrogens is 194 g/mol. The molecule has 1 aliphatic heterocycles. The molecule has 1 saturated heterocycles. The number of methoxy groups -OCH3 is 1. The summed E-state index contributed by atoms with van der Waals surface area (Å²) in [6.07, 6.45) is 1.68. The minimum atomic E-state index is -0.0522. The van der Waals surface area contributed by atoms with Gasteiger partial charge >= 0.3 is 0 Å². The van der Waals surface area contributed by atoms with Gasteiger partial charge in [0, 0.05) is 18.9 Å². The van der Waals surface area contributed by atoms with Crippen LogP contribution in [0.5, 0.6) is 5.88 Å². The summed E-state index contributed by atoms with van der Waals surface area (Å²) in [5.41, 5.74) is 1.03. The lowest BCUT2D eigenvalue weighted by Crippen LogP contribution is -2.32. The van der Waals surface area contributed by atoms with Gasteiger partial charge in [-0.1, -0.05) is 6.07 Å². The van der Waals surface area contributed by atoms with Crippen molar-refractivity contribution in [3.8, 4) is 5.88 Å². The first-order valence-electron chi connectivity index (χ1n) is 5.00. The molecule has 82 valence electrons. The highest BCUT2D eigenvalue weighted by molar-refractivity contribution is 5.23. The molecule has 4 heteroatoms. The van der Waals surface area contributed by atoms with Gasteiger partial charge in [0.05, 0.1) is 13.2 Å². The van der Waals surface area contributed by atoms with Crippen LogP contribution in [-0.4, -0.2) is 37.5 Å². The van der Waals surface area contributed by atoms with Crippen LogP contribution in [0.15, 0.2) is 18.3 Å². The maximum absolute atomic E-state index is 5.75. The monoisotopic (exact) mass is 209 g/mol. The highest BCUT2D eigenvalue weighted by Gasteiger charge is 2.30. The molecule has 2 unspecified atom stereocenters. The highest BCUT2D eigenvalue weighted by atomic mass is 16.6. The van der Waals surface area contributed by atoms with E-state index in [1.54, 1.807) is 13.3 Å². The van der Waals surface area contributed by atoms with Crippen LogP contribution in [0.25, 0.3) is 0 Å². The molecule has 0 bridgehead atoms. The summed E-state index contributed by atoms with van der Waals surface area (Å²) in [4.78, 5) is 4.18. The van der Waals surface area contributed by atoms with Crippen molar-refractivity contribution in [2.75, 3.05) is 20.3 Å². The van der Waals surface area contributed by atoms with E-state index in [4.69, 9.17) is 14.2 Å². The fourth-order valence-electron chi connectivity index (χ4n) is 1.58. The normalized spacial score (nSPS) is 25.5. The molecule has 0 spiro atoms. The van der Waals surface area contributed by atoms with Crippen molar-refractivity contribution < 1.29 is 14.2 Å². The number of nitrogens with zero attached hydrogens (tertiary/aromatic N) is 1. The fraction of sp³-hybridized carbons (Fsp3) is 0.545. The SMILES string of the molecule is COC1COCC1Oc1ncccc1C. The van der Waals surface area contributed by atoms with Gasteiger partial charge in [-0.05, 0) is 13.0 Å². The van der Waals surface area contributed by atoms with Gasteiger partial charge in [0.25, 0.3) is 0 Å². The Hall–Kier alpha value is -1.13. The first kappa shape index (κ1) is 10.4. The average Bonchev–Trinajstić information content (AvgIpc) is 2.69. The third-order valence-corrected chi connectivity index (χ3v) is 2.51. The second kappa shape index (κ2) is 4.59. The van der Waals surface area contributed by atoms with Crippen LogP contribution in [0.2, 0.25) is 0 Å². The van der Waals surface area contributed by atoms with Gasteiger partial charge in [-0.25, -0.2) is 4.98 Å². The quantitative estimate of drug-likeness (QED) is 0.749. The van der Waals surface area contributed by atoms with Crippen LogP contribution < -0.4 is 4.74 Å².